The van der Waals surface area contributed by atoms with Crippen molar-refractivity contribution in [3.05, 3.63) is 77.4 Å². The van der Waals surface area contributed by atoms with E-state index in [0.717, 1.165) is 0 Å². The highest BCUT2D eigenvalue weighted by molar-refractivity contribution is 6.34. The molecule has 0 aliphatic heterocycles. The Morgan fingerprint density at radius 1 is 1.26 bits per heavy atom. The summed E-state index contributed by atoms with van der Waals surface area (Å²) < 4.78 is 10.1. The number of furan rings is 1. The fourth-order valence-corrected chi connectivity index (χ4v) is 1.93. The van der Waals surface area contributed by atoms with Crippen molar-refractivity contribution in [2.24, 2.45) is 0 Å². The van der Waals surface area contributed by atoms with E-state index in [1.165, 1.54) is 18.4 Å². The summed E-state index contributed by atoms with van der Waals surface area (Å²) in [5.41, 5.74) is 0.183. The van der Waals surface area contributed by atoms with Gasteiger partial charge >= 0.3 is 5.97 Å². The van der Waals surface area contributed by atoms with Crippen LogP contribution in [0.1, 0.15) is 16.1 Å². The van der Waals surface area contributed by atoms with Gasteiger partial charge in [-0.25, -0.2) is 4.79 Å². The monoisotopic (exact) mass is 331 g/mol. The smallest absolute Gasteiger partial charge is 0.355 e. The third-order valence-electron chi connectivity index (χ3n) is 2.75. The van der Waals surface area contributed by atoms with Crippen molar-refractivity contribution >= 4 is 29.6 Å². The lowest BCUT2D eigenvalue weighted by molar-refractivity contribution is -0.138. The Bertz CT molecular complexity index is 735. The molecular formula is C17H14ClNO4. The minimum Gasteiger partial charge on any atom is -0.465 e. The van der Waals surface area contributed by atoms with Crippen LogP contribution in [0.2, 0.25) is 5.02 Å². The summed E-state index contributed by atoms with van der Waals surface area (Å²) in [7, 11) is 0. The summed E-state index contributed by atoms with van der Waals surface area (Å²) in [5.74, 6) is -0.833. The van der Waals surface area contributed by atoms with Crippen LogP contribution in [0.15, 0.2) is 65.4 Å². The van der Waals surface area contributed by atoms with Crippen LogP contribution in [0, 0.1) is 0 Å². The second kappa shape index (κ2) is 8.00. The predicted molar refractivity (Wildman–Crippen MR) is 86.8 cm³/mol. The van der Waals surface area contributed by atoms with Gasteiger partial charge in [0.25, 0.3) is 5.91 Å². The molecule has 0 fully saturated rings. The molecule has 2 rings (SSSR count). The Labute approximate surface area is 138 Å². The van der Waals surface area contributed by atoms with Gasteiger partial charge in [0.2, 0.25) is 0 Å². The van der Waals surface area contributed by atoms with E-state index in [1.54, 1.807) is 36.4 Å². The molecule has 0 aliphatic rings. The van der Waals surface area contributed by atoms with Crippen LogP contribution in [-0.2, 0) is 9.53 Å². The average molecular weight is 332 g/mol. The number of esters is 1. The maximum Gasteiger partial charge on any atom is 0.355 e. The first-order valence-corrected chi connectivity index (χ1v) is 7.08. The third kappa shape index (κ3) is 4.59. The summed E-state index contributed by atoms with van der Waals surface area (Å²) in [6.07, 6.45) is 4.26. The zero-order valence-electron chi connectivity index (χ0n) is 12.1. The lowest BCUT2D eigenvalue weighted by atomic mass is 10.2. The van der Waals surface area contributed by atoms with Crippen molar-refractivity contribution in [2.75, 3.05) is 6.61 Å². The maximum atomic E-state index is 12.3. The van der Waals surface area contributed by atoms with E-state index in [4.69, 9.17) is 20.8 Å². The molecule has 0 bridgehead atoms. The standard InChI is InChI=1S/C17H14ClNO4/c1-2-9-23-17(21)15(11-12-6-5-10-22-12)19-16(20)13-7-3-4-8-14(13)18/h2-8,10-11H,1,9H2,(H,19,20)/b15-11-. The zero-order chi connectivity index (χ0) is 16.7. The minimum absolute atomic E-state index is 0.0241. The quantitative estimate of drug-likeness (QED) is 0.500. The Kier molecular flexibility index (Phi) is 5.77. The van der Waals surface area contributed by atoms with Gasteiger partial charge in [0.05, 0.1) is 16.8 Å². The fraction of sp³-hybridized carbons (Fsp3) is 0.0588. The van der Waals surface area contributed by atoms with Gasteiger partial charge in [0.1, 0.15) is 18.1 Å². The van der Waals surface area contributed by atoms with Crippen LogP contribution >= 0.6 is 11.6 Å². The van der Waals surface area contributed by atoms with Crippen molar-refractivity contribution in [3.8, 4) is 0 Å². The predicted octanol–water partition coefficient (Wildman–Crippen LogP) is 3.43. The molecule has 0 unspecified atom stereocenters. The zero-order valence-corrected chi connectivity index (χ0v) is 12.9. The first-order chi connectivity index (χ1) is 11.1. The topological polar surface area (TPSA) is 68.5 Å². The molecule has 6 heteroatoms. The van der Waals surface area contributed by atoms with Crippen LogP contribution in [0.25, 0.3) is 6.08 Å². The molecule has 0 spiro atoms. The highest BCUT2D eigenvalue weighted by Crippen LogP contribution is 2.16. The highest BCUT2D eigenvalue weighted by Gasteiger charge is 2.17. The van der Waals surface area contributed by atoms with E-state index in [-0.39, 0.29) is 22.9 Å². The Morgan fingerprint density at radius 3 is 2.70 bits per heavy atom. The molecule has 0 saturated heterocycles. The normalized spacial score (nSPS) is 10.9. The first-order valence-electron chi connectivity index (χ1n) is 6.71. The SMILES string of the molecule is C=CCOC(=O)/C(=C/c1ccco1)NC(=O)c1ccccc1Cl. The molecule has 1 amide bonds. The second-order valence-electron chi connectivity index (χ2n) is 4.39. The van der Waals surface area contributed by atoms with Crippen molar-refractivity contribution in [1.82, 2.24) is 5.32 Å². The molecule has 1 aromatic heterocycles. The van der Waals surface area contributed by atoms with Gasteiger partial charge in [-0.2, -0.15) is 0 Å². The minimum atomic E-state index is -0.707. The number of ether oxygens (including phenoxy) is 1. The van der Waals surface area contributed by atoms with Crippen LogP contribution < -0.4 is 5.32 Å². The van der Waals surface area contributed by atoms with Gasteiger partial charge in [0.15, 0.2) is 0 Å². The summed E-state index contributed by atoms with van der Waals surface area (Å²) in [6.45, 7) is 3.49. The first kappa shape index (κ1) is 16.6. The molecule has 2 aromatic rings. The Hall–Kier alpha value is -2.79. The largest absolute Gasteiger partial charge is 0.465 e. The third-order valence-corrected chi connectivity index (χ3v) is 3.08. The van der Waals surface area contributed by atoms with Crippen LogP contribution in [0.3, 0.4) is 0 Å². The van der Waals surface area contributed by atoms with Crippen molar-refractivity contribution in [2.45, 2.75) is 0 Å². The van der Waals surface area contributed by atoms with Gasteiger partial charge < -0.3 is 14.5 Å². The van der Waals surface area contributed by atoms with Crippen molar-refractivity contribution in [1.29, 1.82) is 0 Å². The number of benzene rings is 1. The van der Waals surface area contributed by atoms with Gasteiger partial charge in [-0.05, 0) is 24.3 Å². The number of hydrogen-bond acceptors (Lipinski definition) is 4. The number of carbonyl (C=O) groups excluding carboxylic acids is 2. The lowest BCUT2D eigenvalue weighted by Crippen LogP contribution is -2.28. The number of carbonyl (C=O) groups is 2. The van der Waals surface area contributed by atoms with E-state index in [2.05, 4.69) is 11.9 Å². The van der Waals surface area contributed by atoms with E-state index < -0.39 is 11.9 Å². The summed E-state index contributed by atoms with van der Waals surface area (Å²) in [5, 5.41) is 2.77. The van der Waals surface area contributed by atoms with Crippen molar-refractivity contribution < 1.29 is 18.7 Å². The Morgan fingerprint density at radius 2 is 2.04 bits per heavy atom. The molecule has 118 valence electrons. The molecular weight excluding hydrogens is 318 g/mol. The number of halogens is 1. The van der Waals surface area contributed by atoms with Crippen molar-refractivity contribution in [3.63, 3.8) is 0 Å². The summed E-state index contributed by atoms with van der Waals surface area (Å²) in [4.78, 5) is 24.3. The summed E-state index contributed by atoms with van der Waals surface area (Å²) in [6, 6.07) is 9.82. The molecule has 0 aliphatic carbocycles. The molecule has 0 atom stereocenters. The molecule has 23 heavy (non-hydrogen) atoms. The molecule has 5 nitrogen and oxygen atoms in total. The van der Waals surface area contributed by atoms with Gasteiger partial charge in [-0.3, -0.25) is 4.79 Å². The molecule has 0 saturated carbocycles. The van der Waals surface area contributed by atoms with E-state index >= 15 is 0 Å². The van der Waals surface area contributed by atoms with E-state index in [0.29, 0.717) is 5.76 Å². The highest BCUT2D eigenvalue weighted by atomic mass is 35.5. The second-order valence-corrected chi connectivity index (χ2v) is 4.80. The van der Waals surface area contributed by atoms with Crippen LogP contribution in [0.5, 0.6) is 0 Å². The van der Waals surface area contributed by atoms with E-state index in [9.17, 15) is 9.59 Å². The maximum absolute atomic E-state index is 12.3. The van der Waals surface area contributed by atoms with Gasteiger partial charge in [-0.1, -0.05) is 36.4 Å². The molecule has 1 N–H and O–H groups in total. The molecule has 1 heterocycles. The average Bonchev–Trinajstić information content (AvgIpc) is 3.05. The number of amides is 1. The number of hydrogen-bond donors (Lipinski definition) is 1. The summed E-state index contributed by atoms with van der Waals surface area (Å²) >= 11 is 5.98. The lowest BCUT2D eigenvalue weighted by Gasteiger charge is -2.09. The Balaban J connectivity index is 2.24. The number of rotatable bonds is 6. The number of nitrogens with one attached hydrogen (secondary N) is 1. The van der Waals surface area contributed by atoms with Crippen LogP contribution in [-0.4, -0.2) is 18.5 Å². The molecule has 0 radical (unpaired) electrons. The van der Waals surface area contributed by atoms with Crippen LogP contribution in [0.4, 0.5) is 0 Å². The fourth-order valence-electron chi connectivity index (χ4n) is 1.71. The van der Waals surface area contributed by atoms with E-state index in [1.807, 2.05) is 0 Å². The molecule has 1 aromatic carbocycles. The van der Waals surface area contributed by atoms with Gasteiger partial charge in [0, 0.05) is 6.08 Å². The van der Waals surface area contributed by atoms with Gasteiger partial charge in [-0.15, -0.1) is 0 Å².